The van der Waals surface area contributed by atoms with E-state index in [0.717, 1.165) is 17.0 Å². The van der Waals surface area contributed by atoms with E-state index >= 15 is 0 Å². The summed E-state index contributed by atoms with van der Waals surface area (Å²) in [7, 11) is 0. The van der Waals surface area contributed by atoms with E-state index in [-0.39, 0.29) is 28.6 Å². The molecule has 2 aromatic carbocycles. The highest BCUT2D eigenvalue weighted by Gasteiger charge is 2.33. The van der Waals surface area contributed by atoms with Gasteiger partial charge in [0.05, 0.1) is 29.3 Å². The van der Waals surface area contributed by atoms with Crippen LogP contribution in [0, 0.1) is 6.92 Å². The molecular weight excluding hydrogens is 363 g/mol. The molecule has 3 rings (SSSR count). The van der Waals surface area contributed by atoms with E-state index in [4.69, 9.17) is 5.21 Å². The highest BCUT2D eigenvalue weighted by molar-refractivity contribution is 5.97. The summed E-state index contributed by atoms with van der Waals surface area (Å²) >= 11 is 0. The van der Waals surface area contributed by atoms with Gasteiger partial charge in [-0.2, -0.15) is 13.2 Å². The Kier molecular flexibility index (Phi) is 4.71. The monoisotopic (exact) mass is 377 g/mol. The quantitative estimate of drug-likeness (QED) is 0.543. The topological polar surface area (TPSA) is 84.2 Å². The Morgan fingerprint density at radius 1 is 1.22 bits per heavy atom. The van der Waals surface area contributed by atoms with Crippen molar-refractivity contribution in [3.05, 3.63) is 75.3 Å². The first-order valence-electron chi connectivity index (χ1n) is 7.81. The molecule has 1 heterocycles. The number of hydroxylamine groups is 1. The zero-order chi connectivity index (χ0) is 19.8. The molecule has 6 nitrogen and oxygen atoms in total. The summed E-state index contributed by atoms with van der Waals surface area (Å²) in [5.41, 5.74) is 0.732. The third-order valence-electron chi connectivity index (χ3n) is 4.10. The van der Waals surface area contributed by atoms with E-state index in [9.17, 15) is 22.8 Å². The van der Waals surface area contributed by atoms with Gasteiger partial charge in [-0.15, -0.1) is 0 Å². The highest BCUT2D eigenvalue weighted by Crippen LogP contribution is 2.33. The summed E-state index contributed by atoms with van der Waals surface area (Å²) in [6.07, 6.45) is -3.39. The number of rotatable bonds is 3. The Bertz CT molecular complexity index is 1090. The van der Waals surface area contributed by atoms with Crippen molar-refractivity contribution < 1.29 is 23.2 Å². The molecule has 0 aliphatic rings. The predicted octanol–water partition coefficient (Wildman–Crippen LogP) is 2.89. The van der Waals surface area contributed by atoms with E-state index in [2.05, 4.69) is 4.98 Å². The van der Waals surface area contributed by atoms with Gasteiger partial charge in [-0.25, -0.2) is 10.5 Å². The van der Waals surface area contributed by atoms with Crippen LogP contribution in [0.15, 0.2) is 47.5 Å². The van der Waals surface area contributed by atoms with Crippen molar-refractivity contribution in [3.8, 4) is 0 Å². The molecule has 0 spiro atoms. The Morgan fingerprint density at radius 2 is 1.96 bits per heavy atom. The molecule has 9 heteroatoms. The van der Waals surface area contributed by atoms with Crippen molar-refractivity contribution in [2.45, 2.75) is 19.6 Å². The van der Waals surface area contributed by atoms with E-state index in [1.165, 1.54) is 35.8 Å². The van der Waals surface area contributed by atoms with Crippen LogP contribution in [0.3, 0.4) is 0 Å². The summed E-state index contributed by atoms with van der Waals surface area (Å²) in [6, 6.07) is 7.90. The maximum atomic E-state index is 13.3. The number of amides is 1. The minimum atomic E-state index is -4.55. The normalized spacial score (nSPS) is 11.6. The van der Waals surface area contributed by atoms with E-state index in [1.807, 2.05) is 0 Å². The second-order valence-corrected chi connectivity index (χ2v) is 6.01. The average Bonchev–Trinajstić information content (AvgIpc) is 2.63. The minimum Gasteiger partial charge on any atom is -0.294 e. The number of nitrogens with one attached hydrogen (secondary N) is 1. The highest BCUT2D eigenvalue weighted by atomic mass is 19.4. The van der Waals surface area contributed by atoms with Gasteiger partial charge in [-0.1, -0.05) is 17.7 Å². The van der Waals surface area contributed by atoms with Crippen LogP contribution in [0.1, 0.15) is 27.0 Å². The van der Waals surface area contributed by atoms with Crippen LogP contribution in [0.25, 0.3) is 10.9 Å². The van der Waals surface area contributed by atoms with Gasteiger partial charge >= 0.3 is 6.18 Å². The molecule has 1 aromatic heterocycles. The molecule has 27 heavy (non-hydrogen) atoms. The predicted molar refractivity (Wildman–Crippen MR) is 90.5 cm³/mol. The van der Waals surface area contributed by atoms with Crippen LogP contribution in [0.5, 0.6) is 0 Å². The fourth-order valence-electron chi connectivity index (χ4n) is 2.75. The standard InChI is InChI=1S/C18H14F3N3O3/c1-10-2-3-12(14(6-10)18(19,20)21)8-24-9-22-15-5-4-11(16(25)23-27)7-13(15)17(24)26/h2-7,9,27H,8H2,1H3,(H,23,25). The van der Waals surface area contributed by atoms with Crippen molar-refractivity contribution in [2.24, 2.45) is 0 Å². The Hall–Kier alpha value is -3.20. The van der Waals surface area contributed by atoms with Gasteiger partial charge in [0.25, 0.3) is 11.5 Å². The van der Waals surface area contributed by atoms with E-state index in [0.29, 0.717) is 5.56 Å². The molecule has 0 aliphatic heterocycles. The fraction of sp³-hybridized carbons (Fsp3) is 0.167. The molecule has 3 aromatic rings. The van der Waals surface area contributed by atoms with Gasteiger partial charge < -0.3 is 0 Å². The van der Waals surface area contributed by atoms with Gasteiger partial charge in [-0.3, -0.25) is 19.4 Å². The fourth-order valence-corrected chi connectivity index (χ4v) is 2.75. The molecule has 1 amide bonds. The Balaban J connectivity index is 2.10. The number of alkyl halides is 3. The third kappa shape index (κ3) is 3.68. The zero-order valence-corrected chi connectivity index (χ0v) is 14.0. The number of nitrogens with zero attached hydrogens (tertiary/aromatic N) is 2. The Morgan fingerprint density at radius 3 is 2.63 bits per heavy atom. The van der Waals surface area contributed by atoms with Crippen LogP contribution < -0.4 is 11.0 Å². The summed E-state index contributed by atoms with van der Waals surface area (Å²) in [5.74, 6) is -0.815. The molecule has 0 saturated heterocycles. The molecule has 0 atom stereocenters. The lowest BCUT2D eigenvalue weighted by Gasteiger charge is -2.15. The lowest BCUT2D eigenvalue weighted by atomic mass is 10.0. The van der Waals surface area contributed by atoms with Gasteiger partial charge in [0.15, 0.2) is 0 Å². The van der Waals surface area contributed by atoms with Gasteiger partial charge in [0.1, 0.15) is 0 Å². The van der Waals surface area contributed by atoms with Crippen molar-refractivity contribution in [3.63, 3.8) is 0 Å². The molecule has 140 valence electrons. The van der Waals surface area contributed by atoms with Gasteiger partial charge in [0, 0.05) is 5.56 Å². The number of aromatic nitrogens is 2. The number of hydrogen-bond donors (Lipinski definition) is 2. The maximum Gasteiger partial charge on any atom is 0.416 e. The van der Waals surface area contributed by atoms with E-state index in [1.54, 1.807) is 6.92 Å². The first kappa shape index (κ1) is 18.6. The van der Waals surface area contributed by atoms with Crippen molar-refractivity contribution >= 4 is 16.8 Å². The molecular formula is C18H14F3N3O3. The van der Waals surface area contributed by atoms with Crippen LogP contribution in [-0.4, -0.2) is 20.7 Å². The second-order valence-electron chi connectivity index (χ2n) is 6.01. The van der Waals surface area contributed by atoms with E-state index < -0.39 is 23.2 Å². The lowest BCUT2D eigenvalue weighted by molar-refractivity contribution is -0.138. The third-order valence-corrected chi connectivity index (χ3v) is 4.10. The maximum absolute atomic E-state index is 13.3. The number of hydrogen-bond acceptors (Lipinski definition) is 4. The summed E-state index contributed by atoms with van der Waals surface area (Å²) in [6.45, 7) is 1.23. The molecule has 0 unspecified atom stereocenters. The molecule has 2 N–H and O–H groups in total. The first-order valence-corrected chi connectivity index (χ1v) is 7.81. The summed E-state index contributed by atoms with van der Waals surface area (Å²) in [5, 5.41) is 8.76. The zero-order valence-electron chi connectivity index (χ0n) is 14.0. The average molecular weight is 377 g/mol. The number of fused-ring (bicyclic) bond motifs is 1. The van der Waals surface area contributed by atoms with Crippen LogP contribution in [0.4, 0.5) is 13.2 Å². The minimum absolute atomic E-state index is 0.0213. The number of halogens is 3. The van der Waals surface area contributed by atoms with Crippen LogP contribution >= 0.6 is 0 Å². The molecule has 0 saturated carbocycles. The largest absolute Gasteiger partial charge is 0.416 e. The molecule has 0 fully saturated rings. The SMILES string of the molecule is Cc1ccc(Cn2cnc3ccc(C(=O)NO)cc3c2=O)c(C(F)(F)F)c1. The summed E-state index contributed by atoms with van der Waals surface area (Å²) < 4.78 is 40.9. The van der Waals surface area contributed by atoms with Gasteiger partial charge in [-0.05, 0) is 36.8 Å². The number of carbonyl (C=O) groups excluding carboxylic acids is 1. The number of aryl methyl sites for hydroxylation is 1. The van der Waals surface area contributed by atoms with Gasteiger partial charge in [0.2, 0.25) is 0 Å². The van der Waals surface area contributed by atoms with Crippen molar-refractivity contribution in [2.75, 3.05) is 0 Å². The first-order chi connectivity index (χ1) is 12.7. The number of benzene rings is 2. The molecule has 0 bridgehead atoms. The summed E-state index contributed by atoms with van der Waals surface area (Å²) in [4.78, 5) is 28.2. The second kappa shape index (κ2) is 6.84. The number of carbonyl (C=O) groups is 1. The Labute approximate surface area is 150 Å². The molecule has 0 radical (unpaired) electrons. The van der Waals surface area contributed by atoms with Crippen molar-refractivity contribution in [1.29, 1.82) is 0 Å². The molecule has 0 aliphatic carbocycles. The smallest absolute Gasteiger partial charge is 0.294 e. The van der Waals surface area contributed by atoms with Crippen molar-refractivity contribution in [1.82, 2.24) is 15.0 Å². The lowest BCUT2D eigenvalue weighted by Crippen LogP contribution is -2.24. The van der Waals surface area contributed by atoms with Crippen LogP contribution in [0.2, 0.25) is 0 Å². The van der Waals surface area contributed by atoms with Crippen LogP contribution in [-0.2, 0) is 12.7 Å².